The molecule has 0 aromatic carbocycles. The summed E-state index contributed by atoms with van der Waals surface area (Å²) >= 11 is 0. The van der Waals surface area contributed by atoms with E-state index in [1.165, 1.54) is 6.08 Å². The van der Waals surface area contributed by atoms with Crippen LogP contribution >= 0.6 is 0 Å². The Hall–Kier alpha value is -0.670. The number of hydrogen-bond donors (Lipinski definition) is 1. The van der Waals surface area contributed by atoms with Crippen molar-refractivity contribution in [2.45, 2.75) is 11.2 Å². The van der Waals surface area contributed by atoms with Crippen LogP contribution in [0.1, 0.15) is 6.42 Å². The van der Waals surface area contributed by atoms with Crippen LogP contribution in [0.15, 0.2) is 17.7 Å². The quantitative estimate of drug-likeness (QED) is 0.251. The summed E-state index contributed by atoms with van der Waals surface area (Å²) in [6, 6.07) is 0. The van der Waals surface area contributed by atoms with E-state index >= 15 is 0 Å². The number of methoxy groups -OCH3 is 2. The Kier molecular flexibility index (Phi) is 6.43. The predicted molar refractivity (Wildman–Crippen MR) is 58.8 cm³/mol. The van der Waals surface area contributed by atoms with E-state index in [0.29, 0.717) is 0 Å². The van der Waals surface area contributed by atoms with Gasteiger partial charge in [-0.1, -0.05) is 6.42 Å². The van der Waals surface area contributed by atoms with E-state index in [0.717, 1.165) is 20.3 Å². The molecule has 0 aromatic heterocycles. The van der Waals surface area contributed by atoms with Gasteiger partial charge in [0.05, 0.1) is 14.2 Å². The van der Waals surface area contributed by atoms with Crippen molar-refractivity contribution < 1.29 is 61.6 Å². The number of carbonyl (C=O) groups is 2. The Morgan fingerprint density at radius 1 is 1.37 bits per heavy atom. The molecule has 0 heterocycles. The van der Waals surface area contributed by atoms with Gasteiger partial charge in [-0.3, -0.25) is 20.2 Å². The fourth-order valence-electron chi connectivity index (χ4n) is 1.50. The van der Waals surface area contributed by atoms with E-state index < -0.39 is 33.2 Å². The number of esters is 2. The van der Waals surface area contributed by atoms with Crippen molar-refractivity contribution in [3.8, 4) is 0 Å². The fourth-order valence-corrected chi connectivity index (χ4v) is 2.35. The van der Waals surface area contributed by atoms with E-state index in [-0.39, 0.29) is 35.1 Å². The van der Waals surface area contributed by atoms with E-state index in [2.05, 4.69) is 15.5 Å². The summed E-state index contributed by atoms with van der Waals surface area (Å²) in [5.74, 6) is -2.01. The molecule has 0 radical (unpaired) electrons. The van der Waals surface area contributed by atoms with Gasteiger partial charge in [-0.05, 0) is 0 Å². The topological polar surface area (TPSA) is 107 Å². The molecule has 100 valence electrons. The van der Waals surface area contributed by atoms with Crippen molar-refractivity contribution in [1.29, 1.82) is 0 Å². The molecule has 1 N–H and O–H groups in total. The van der Waals surface area contributed by atoms with Gasteiger partial charge in [0.1, 0.15) is 0 Å². The standard InChI is InChI=1S/C10H11O7S.Na/c1-16-8(11)7-4-3-5-10(6-7,9(12)17-2)18(13,14)15;/h4-5H,6H2,1-2H3,(H,13,14,15);/q-1;+1. The zero-order chi connectivity index (χ0) is 14.0. The van der Waals surface area contributed by atoms with Crippen LogP contribution < -0.4 is 29.6 Å². The number of carbonyl (C=O) groups excluding carboxylic acids is 2. The Morgan fingerprint density at radius 3 is 2.37 bits per heavy atom. The van der Waals surface area contributed by atoms with Crippen LogP contribution in [0.25, 0.3) is 0 Å². The van der Waals surface area contributed by atoms with Gasteiger partial charge in [0, 0.05) is 0 Å². The maximum absolute atomic E-state index is 11.6. The molecule has 0 aromatic rings. The molecule has 0 saturated carbocycles. The van der Waals surface area contributed by atoms with Crippen molar-refractivity contribution in [2.75, 3.05) is 14.2 Å². The van der Waals surface area contributed by atoms with Gasteiger partial charge in [-0.2, -0.15) is 8.42 Å². The van der Waals surface area contributed by atoms with Crippen LogP contribution in [0.2, 0.25) is 0 Å². The maximum atomic E-state index is 11.6. The SMILES string of the molecule is COC(=O)C1=C[C-]=CC(C(=O)OC)(S(=O)(=O)O)C1.[Na+]. The summed E-state index contributed by atoms with van der Waals surface area (Å²) in [6.07, 6.45) is 3.79. The summed E-state index contributed by atoms with van der Waals surface area (Å²) in [5, 5.41) is 0. The van der Waals surface area contributed by atoms with Gasteiger partial charge in [0.15, 0.2) is 4.75 Å². The van der Waals surface area contributed by atoms with Crippen LogP contribution in [-0.4, -0.2) is 43.9 Å². The maximum Gasteiger partial charge on any atom is 1.00 e. The summed E-state index contributed by atoms with van der Waals surface area (Å²) in [4.78, 5) is 22.9. The van der Waals surface area contributed by atoms with Gasteiger partial charge in [-0.25, -0.2) is 6.08 Å². The van der Waals surface area contributed by atoms with Crippen LogP contribution in [0.3, 0.4) is 0 Å². The summed E-state index contributed by atoms with van der Waals surface area (Å²) < 4.78 is 38.3. The molecular formula is C10H11NaO7S. The van der Waals surface area contributed by atoms with Crippen molar-refractivity contribution in [3.05, 3.63) is 23.8 Å². The third-order valence-electron chi connectivity index (χ3n) is 2.47. The Morgan fingerprint density at radius 2 is 1.95 bits per heavy atom. The van der Waals surface area contributed by atoms with Gasteiger partial charge in [0.2, 0.25) is 0 Å². The van der Waals surface area contributed by atoms with Crippen molar-refractivity contribution in [2.24, 2.45) is 0 Å². The van der Waals surface area contributed by atoms with E-state index in [4.69, 9.17) is 0 Å². The monoisotopic (exact) mass is 298 g/mol. The Labute approximate surface area is 132 Å². The molecule has 0 saturated heterocycles. The van der Waals surface area contributed by atoms with Gasteiger partial charge < -0.3 is 9.47 Å². The molecule has 9 heteroatoms. The van der Waals surface area contributed by atoms with E-state index in [1.54, 1.807) is 0 Å². The second kappa shape index (κ2) is 6.67. The van der Waals surface area contributed by atoms with Crippen molar-refractivity contribution in [3.63, 3.8) is 0 Å². The minimum atomic E-state index is -4.81. The summed E-state index contributed by atoms with van der Waals surface area (Å²) in [7, 11) is -2.74. The van der Waals surface area contributed by atoms with Crippen LogP contribution in [0, 0.1) is 6.08 Å². The first-order valence-corrected chi connectivity index (χ1v) is 6.15. The van der Waals surface area contributed by atoms with Crippen molar-refractivity contribution in [1.82, 2.24) is 0 Å². The first kappa shape index (κ1) is 18.3. The number of rotatable bonds is 3. The summed E-state index contributed by atoms with van der Waals surface area (Å²) in [5.41, 5.74) is -0.108. The van der Waals surface area contributed by atoms with E-state index in [9.17, 15) is 22.6 Å². The molecule has 1 aliphatic carbocycles. The average molecular weight is 298 g/mol. The molecule has 7 nitrogen and oxygen atoms in total. The molecule has 1 rings (SSSR count). The minimum absolute atomic E-state index is 0. The second-order valence-electron chi connectivity index (χ2n) is 3.51. The molecule has 0 spiro atoms. The number of allylic oxidation sites excluding steroid dienone is 2. The molecule has 0 fully saturated rings. The van der Waals surface area contributed by atoms with E-state index in [1.807, 2.05) is 0 Å². The molecule has 1 aliphatic rings. The zero-order valence-electron chi connectivity index (χ0n) is 10.7. The fraction of sp³-hybridized carbons (Fsp3) is 0.400. The van der Waals surface area contributed by atoms with Gasteiger partial charge >= 0.3 is 35.5 Å². The molecule has 0 amide bonds. The minimum Gasteiger partial charge on any atom is -0.479 e. The molecule has 1 atom stereocenters. The molecule has 0 bridgehead atoms. The molecule has 0 aliphatic heterocycles. The average Bonchev–Trinajstić information content (AvgIpc) is 2.35. The van der Waals surface area contributed by atoms with Crippen LogP contribution in [-0.2, 0) is 29.2 Å². The zero-order valence-corrected chi connectivity index (χ0v) is 13.5. The molecular weight excluding hydrogens is 287 g/mol. The smallest absolute Gasteiger partial charge is 0.479 e. The second-order valence-corrected chi connectivity index (χ2v) is 5.18. The predicted octanol–water partition coefficient (Wildman–Crippen LogP) is -3.35. The number of ether oxygens (including phenoxy) is 2. The number of hydrogen-bond acceptors (Lipinski definition) is 6. The summed E-state index contributed by atoms with van der Waals surface area (Å²) in [6.45, 7) is 0. The third kappa shape index (κ3) is 3.46. The van der Waals surface area contributed by atoms with Crippen molar-refractivity contribution >= 4 is 22.1 Å². The Bertz CT molecular complexity index is 534. The van der Waals surface area contributed by atoms with Crippen LogP contribution in [0.5, 0.6) is 0 Å². The molecule has 1 unspecified atom stereocenters. The largest absolute Gasteiger partial charge is 1.00 e. The Balaban J connectivity index is 0.00000324. The van der Waals surface area contributed by atoms with Gasteiger partial charge in [0.25, 0.3) is 16.1 Å². The first-order valence-electron chi connectivity index (χ1n) is 4.71. The first-order chi connectivity index (χ1) is 8.28. The normalized spacial score (nSPS) is 21.9. The van der Waals surface area contributed by atoms with Crippen LogP contribution in [0.4, 0.5) is 0 Å². The third-order valence-corrected chi connectivity index (χ3v) is 3.82. The van der Waals surface area contributed by atoms with Gasteiger partial charge in [-0.15, -0.1) is 11.6 Å². The molecule has 19 heavy (non-hydrogen) atoms.